The molecule has 0 radical (unpaired) electrons. The van der Waals surface area contributed by atoms with Crippen LogP contribution in [-0.4, -0.2) is 42.5 Å². The lowest BCUT2D eigenvalue weighted by Crippen LogP contribution is -2.48. The van der Waals surface area contributed by atoms with Gasteiger partial charge in [0, 0.05) is 24.9 Å². The third-order valence-electron chi connectivity index (χ3n) is 2.63. The second kappa shape index (κ2) is 5.68. The zero-order chi connectivity index (χ0) is 9.68. The van der Waals surface area contributed by atoms with Crippen LogP contribution in [0.2, 0.25) is 0 Å². The van der Waals surface area contributed by atoms with Gasteiger partial charge in [0.15, 0.2) is 0 Å². The van der Waals surface area contributed by atoms with Crippen LogP contribution in [0.4, 0.5) is 0 Å². The normalized spacial score (nSPS) is 31.3. The molecule has 1 heterocycles. The fourth-order valence-electron chi connectivity index (χ4n) is 1.54. The summed E-state index contributed by atoms with van der Waals surface area (Å²) in [6.07, 6.45) is 4.63. The minimum absolute atomic E-state index is 0.359. The minimum atomic E-state index is 0.359. The van der Waals surface area contributed by atoms with Crippen LogP contribution in [-0.2, 0) is 4.74 Å². The van der Waals surface area contributed by atoms with E-state index in [1.54, 1.807) is 0 Å². The largest absolute Gasteiger partial charge is 0.376 e. The average Bonchev–Trinajstić information content (AvgIpc) is 2.13. The van der Waals surface area contributed by atoms with Crippen molar-refractivity contribution in [2.75, 3.05) is 25.4 Å². The predicted octanol–water partition coefficient (Wildman–Crippen LogP) is 1.58. The van der Waals surface area contributed by atoms with Gasteiger partial charge < -0.3 is 4.74 Å². The summed E-state index contributed by atoms with van der Waals surface area (Å²) >= 11 is 4.13. The fourth-order valence-corrected chi connectivity index (χ4v) is 1.69. The van der Waals surface area contributed by atoms with E-state index in [1.807, 2.05) is 0 Å². The maximum absolute atomic E-state index is 5.55. The number of ether oxygens (including phenoxy) is 1. The number of hydrogen-bond acceptors (Lipinski definition) is 3. The monoisotopic (exact) mass is 201 g/mol. The number of nitrogens with zero attached hydrogens (tertiary/aromatic N) is 1. The van der Waals surface area contributed by atoms with E-state index in [-0.39, 0.29) is 0 Å². The van der Waals surface area contributed by atoms with Crippen LogP contribution in [0.5, 0.6) is 0 Å². The summed E-state index contributed by atoms with van der Waals surface area (Å²) < 4.78 is 5.55. The van der Waals surface area contributed by atoms with Crippen LogP contribution in [0.15, 0.2) is 12.2 Å². The van der Waals surface area contributed by atoms with Gasteiger partial charge in [0.2, 0.25) is 0 Å². The fraction of sp³-hybridized carbons (Fsp3) is 0.800. The number of thiol groups is 1. The highest BCUT2D eigenvalue weighted by atomic mass is 32.1. The summed E-state index contributed by atoms with van der Waals surface area (Å²) in [4.78, 5) is 2.44. The molecule has 2 atom stereocenters. The molecule has 0 aromatic rings. The molecule has 3 heteroatoms. The summed E-state index contributed by atoms with van der Waals surface area (Å²) in [6, 6.07) is 0.526. The SMILES string of the molecule is CC1OCCN(C/C=C/CS)C1C. The molecule has 0 aromatic carbocycles. The van der Waals surface area contributed by atoms with Crippen LogP contribution in [0, 0.1) is 0 Å². The zero-order valence-corrected chi connectivity index (χ0v) is 9.33. The molecule has 1 rings (SSSR count). The Kier molecular flexibility index (Phi) is 4.84. The molecule has 2 nitrogen and oxygen atoms in total. The molecule has 1 saturated heterocycles. The van der Waals surface area contributed by atoms with Gasteiger partial charge in [0.1, 0.15) is 0 Å². The van der Waals surface area contributed by atoms with Crippen LogP contribution in [0.25, 0.3) is 0 Å². The molecule has 1 aliphatic heterocycles. The summed E-state index contributed by atoms with van der Waals surface area (Å²) in [5.41, 5.74) is 0. The van der Waals surface area contributed by atoms with Gasteiger partial charge in [-0.25, -0.2) is 0 Å². The smallest absolute Gasteiger partial charge is 0.0700 e. The Hall–Kier alpha value is 0.01000. The Bertz CT molecular complexity index is 172. The van der Waals surface area contributed by atoms with Crippen molar-refractivity contribution in [1.29, 1.82) is 0 Å². The highest BCUT2D eigenvalue weighted by Gasteiger charge is 2.23. The van der Waals surface area contributed by atoms with Crippen LogP contribution in [0.3, 0.4) is 0 Å². The van der Waals surface area contributed by atoms with Gasteiger partial charge in [0.25, 0.3) is 0 Å². The third-order valence-corrected chi connectivity index (χ3v) is 2.84. The van der Waals surface area contributed by atoms with Gasteiger partial charge in [-0.1, -0.05) is 12.2 Å². The molecule has 0 amide bonds. The van der Waals surface area contributed by atoms with Crippen molar-refractivity contribution in [3.05, 3.63) is 12.2 Å². The van der Waals surface area contributed by atoms with Gasteiger partial charge in [-0.3, -0.25) is 4.90 Å². The first-order valence-electron chi connectivity index (χ1n) is 4.87. The lowest BCUT2D eigenvalue weighted by molar-refractivity contribution is -0.0507. The van der Waals surface area contributed by atoms with E-state index in [2.05, 4.69) is 43.5 Å². The van der Waals surface area contributed by atoms with Crippen molar-refractivity contribution in [1.82, 2.24) is 4.90 Å². The van der Waals surface area contributed by atoms with Crippen LogP contribution in [0.1, 0.15) is 13.8 Å². The Labute approximate surface area is 86.4 Å². The summed E-state index contributed by atoms with van der Waals surface area (Å²) in [5.74, 6) is 0.828. The molecule has 0 bridgehead atoms. The van der Waals surface area contributed by atoms with E-state index in [9.17, 15) is 0 Å². The lowest BCUT2D eigenvalue weighted by atomic mass is 10.1. The molecular weight excluding hydrogens is 182 g/mol. The molecule has 0 N–H and O–H groups in total. The molecule has 0 aromatic heterocycles. The van der Waals surface area contributed by atoms with Crippen molar-refractivity contribution in [3.63, 3.8) is 0 Å². The highest BCUT2D eigenvalue weighted by molar-refractivity contribution is 7.80. The molecule has 13 heavy (non-hydrogen) atoms. The Morgan fingerprint density at radius 1 is 1.46 bits per heavy atom. The molecule has 0 saturated carbocycles. The van der Waals surface area contributed by atoms with Crippen molar-refractivity contribution in [2.24, 2.45) is 0 Å². The Morgan fingerprint density at radius 3 is 2.92 bits per heavy atom. The standard InChI is InChI=1S/C10H19NOS/c1-9-10(2)12-7-6-11(9)5-3-4-8-13/h3-4,9-10,13H,5-8H2,1-2H3/b4-3+. The van der Waals surface area contributed by atoms with Gasteiger partial charge in [-0.05, 0) is 13.8 Å². The lowest BCUT2D eigenvalue weighted by Gasteiger charge is -2.37. The summed E-state index contributed by atoms with van der Waals surface area (Å²) in [7, 11) is 0. The first-order valence-corrected chi connectivity index (χ1v) is 5.50. The van der Waals surface area contributed by atoms with Crippen molar-refractivity contribution in [3.8, 4) is 0 Å². The van der Waals surface area contributed by atoms with Gasteiger partial charge in [-0.15, -0.1) is 0 Å². The van der Waals surface area contributed by atoms with Gasteiger partial charge in [0.05, 0.1) is 12.7 Å². The van der Waals surface area contributed by atoms with E-state index >= 15 is 0 Å². The van der Waals surface area contributed by atoms with Crippen LogP contribution < -0.4 is 0 Å². The first-order chi connectivity index (χ1) is 6.25. The molecule has 1 aliphatic rings. The topological polar surface area (TPSA) is 12.5 Å². The van der Waals surface area contributed by atoms with E-state index in [0.29, 0.717) is 12.1 Å². The first kappa shape index (κ1) is 11.1. The molecular formula is C10H19NOS. The van der Waals surface area contributed by atoms with E-state index in [1.165, 1.54) is 0 Å². The average molecular weight is 201 g/mol. The molecule has 1 fully saturated rings. The highest BCUT2D eigenvalue weighted by Crippen LogP contribution is 2.12. The van der Waals surface area contributed by atoms with Crippen molar-refractivity contribution in [2.45, 2.75) is 26.0 Å². The second-order valence-electron chi connectivity index (χ2n) is 3.47. The van der Waals surface area contributed by atoms with E-state index in [0.717, 1.165) is 25.4 Å². The maximum Gasteiger partial charge on any atom is 0.0700 e. The van der Waals surface area contributed by atoms with E-state index < -0.39 is 0 Å². The minimum Gasteiger partial charge on any atom is -0.376 e. The Morgan fingerprint density at radius 2 is 2.23 bits per heavy atom. The van der Waals surface area contributed by atoms with Crippen molar-refractivity contribution >= 4 is 12.6 Å². The van der Waals surface area contributed by atoms with Crippen molar-refractivity contribution < 1.29 is 4.74 Å². The molecule has 76 valence electrons. The Balaban J connectivity index is 2.35. The predicted molar refractivity (Wildman–Crippen MR) is 59.4 cm³/mol. The van der Waals surface area contributed by atoms with E-state index in [4.69, 9.17) is 4.74 Å². The summed E-state index contributed by atoms with van der Waals surface area (Å²) in [5, 5.41) is 0. The second-order valence-corrected chi connectivity index (χ2v) is 3.83. The zero-order valence-electron chi connectivity index (χ0n) is 8.44. The maximum atomic E-state index is 5.55. The molecule has 0 aliphatic carbocycles. The summed E-state index contributed by atoms with van der Waals surface area (Å²) in [6.45, 7) is 7.29. The van der Waals surface area contributed by atoms with Crippen LogP contribution >= 0.6 is 12.6 Å². The van der Waals surface area contributed by atoms with Gasteiger partial charge in [-0.2, -0.15) is 12.6 Å². The molecule has 0 spiro atoms. The quantitative estimate of drug-likeness (QED) is 0.550. The number of rotatable bonds is 3. The molecule has 2 unspecified atom stereocenters. The number of hydrogen-bond donors (Lipinski definition) is 1. The van der Waals surface area contributed by atoms with Gasteiger partial charge >= 0.3 is 0 Å². The third kappa shape index (κ3) is 3.33. The number of morpholine rings is 1.